The number of nitrogens with two attached hydrogens (primary N) is 1. The van der Waals surface area contributed by atoms with E-state index in [-0.39, 0.29) is 6.04 Å². The van der Waals surface area contributed by atoms with Crippen LogP contribution in [0, 0.1) is 20.8 Å². The molecule has 0 aliphatic carbocycles. The molecule has 1 aromatic heterocycles. The van der Waals surface area contributed by atoms with Gasteiger partial charge in [-0.1, -0.05) is 23.8 Å². The van der Waals surface area contributed by atoms with E-state index in [1.165, 1.54) is 16.7 Å². The minimum atomic E-state index is -0.0719. The molecule has 0 aliphatic rings. The highest BCUT2D eigenvalue weighted by molar-refractivity contribution is 5.38. The number of benzene rings is 1. The molecule has 1 aromatic carbocycles. The molecular weight excluding hydrogens is 208 g/mol. The Morgan fingerprint density at radius 3 is 2.47 bits per heavy atom. The Bertz CT molecular complexity index is 532. The minimum Gasteiger partial charge on any atom is -0.320 e. The Morgan fingerprint density at radius 1 is 1.06 bits per heavy atom. The topological polar surface area (TPSA) is 38.9 Å². The van der Waals surface area contributed by atoms with Crippen molar-refractivity contribution in [3.8, 4) is 0 Å². The summed E-state index contributed by atoms with van der Waals surface area (Å²) >= 11 is 0. The highest BCUT2D eigenvalue weighted by Gasteiger charge is 2.11. The van der Waals surface area contributed by atoms with Gasteiger partial charge in [-0.25, -0.2) is 0 Å². The summed E-state index contributed by atoms with van der Waals surface area (Å²) in [5.41, 5.74) is 12.1. The van der Waals surface area contributed by atoms with Crippen LogP contribution in [0.25, 0.3) is 0 Å². The number of aryl methyl sites for hydroxylation is 3. The second-order valence-electron chi connectivity index (χ2n) is 4.57. The largest absolute Gasteiger partial charge is 0.320 e. The number of hydrogen-bond donors (Lipinski definition) is 1. The van der Waals surface area contributed by atoms with Crippen molar-refractivity contribution < 1.29 is 0 Å². The third kappa shape index (κ3) is 2.53. The van der Waals surface area contributed by atoms with Crippen LogP contribution >= 0.6 is 0 Å². The highest BCUT2D eigenvalue weighted by Crippen LogP contribution is 2.23. The molecule has 2 rings (SSSR count). The number of aromatic nitrogens is 1. The predicted octanol–water partition coefficient (Wildman–Crippen LogP) is 3.05. The summed E-state index contributed by atoms with van der Waals surface area (Å²) in [5, 5.41) is 0. The Hall–Kier alpha value is -1.67. The van der Waals surface area contributed by atoms with E-state index in [2.05, 4.69) is 37.0 Å². The first-order valence-corrected chi connectivity index (χ1v) is 5.83. The fraction of sp³-hybridized carbons (Fsp3) is 0.267. The molecule has 2 nitrogen and oxygen atoms in total. The standard InChI is InChI=1S/C15H18N2/c1-10-4-5-14(11(2)8-10)15(16)13-6-7-17-12(3)9-13/h4-9,15H,16H2,1-3H3. The molecule has 0 bridgehead atoms. The second-order valence-corrected chi connectivity index (χ2v) is 4.57. The number of rotatable bonds is 2. The van der Waals surface area contributed by atoms with Gasteiger partial charge in [-0.05, 0) is 49.6 Å². The van der Waals surface area contributed by atoms with Crippen molar-refractivity contribution in [1.29, 1.82) is 0 Å². The number of hydrogen-bond acceptors (Lipinski definition) is 2. The predicted molar refractivity (Wildman–Crippen MR) is 70.9 cm³/mol. The summed E-state index contributed by atoms with van der Waals surface area (Å²) < 4.78 is 0. The minimum absolute atomic E-state index is 0.0719. The summed E-state index contributed by atoms with van der Waals surface area (Å²) in [6.45, 7) is 6.19. The third-order valence-electron chi connectivity index (χ3n) is 3.04. The van der Waals surface area contributed by atoms with Crippen LogP contribution in [0.3, 0.4) is 0 Å². The van der Waals surface area contributed by atoms with E-state index < -0.39 is 0 Å². The van der Waals surface area contributed by atoms with Crippen molar-refractivity contribution in [2.24, 2.45) is 5.73 Å². The van der Waals surface area contributed by atoms with Crippen LogP contribution in [0.15, 0.2) is 36.5 Å². The van der Waals surface area contributed by atoms with Gasteiger partial charge in [0, 0.05) is 11.9 Å². The molecule has 88 valence electrons. The van der Waals surface area contributed by atoms with E-state index in [4.69, 9.17) is 5.73 Å². The Balaban J connectivity index is 2.40. The molecule has 2 heteroatoms. The van der Waals surface area contributed by atoms with Crippen LogP contribution in [-0.4, -0.2) is 4.98 Å². The van der Waals surface area contributed by atoms with Gasteiger partial charge in [-0.2, -0.15) is 0 Å². The summed E-state index contributed by atoms with van der Waals surface area (Å²) in [6.07, 6.45) is 1.81. The average molecular weight is 226 g/mol. The van der Waals surface area contributed by atoms with E-state index in [1.54, 1.807) is 0 Å². The van der Waals surface area contributed by atoms with Crippen LogP contribution in [0.1, 0.15) is 34.0 Å². The van der Waals surface area contributed by atoms with E-state index in [0.29, 0.717) is 0 Å². The van der Waals surface area contributed by atoms with Crippen LogP contribution < -0.4 is 5.73 Å². The molecule has 1 atom stereocenters. The van der Waals surface area contributed by atoms with Gasteiger partial charge >= 0.3 is 0 Å². The zero-order valence-electron chi connectivity index (χ0n) is 10.6. The number of nitrogens with zero attached hydrogens (tertiary/aromatic N) is 1. The van der Waals surface area contributed by atoms with Gasteiger partial charge in [0.15, 0.2) is 0 Å². The summed E-state index contributed by atoms with van der Waals surface area (Å²) in [7, 11) is 0. The molecule has 0 aliphatic heterocycles. The highest BCUT2D eigenvalue weighted by atomic mass is 14.7. The first kappa shape index (κ1) is 11.8. The summed E-state index contributed by atoms with van der Waals surface area (Å²) in [4.78, 5) is 4.20. The maximum atomic E-state index is 6.31. The molecule has 0 fully saturated rings. The molecule has 2 N–H and O–H groups in total. The van der Waals surface area contributed by atoms with Gasteiger partial charge in [-0.15, -0.1) is 0 Å². The second kappa shape index (κ2) is 4.68. The molecular formula is C15H18N2. The Kier molecular flexibility index (Phi) is 3.25. The Labute approximate surface area is 103 Å². The monoisotopic (exact) mass is 226 g/mol. The lowest BCUT2D eigenvalue weighted by Crippen LogP contribution is -2.13. The van der Waals surface area contributed by atoms with Crippen molar-refractivity contribution in [3.05, 3.63) is 64.5 Å². The molecule has 0 radical (unpaired) electrons. The molecule has 17 heavy (non-hydrogen) atoms. The normalized spacial score (nSPS) is 12.5. The van der Waals surface area contributed by atoms with Crippen molar-refractivity contribution in [3.63, 3.8) is 0 Å². The van der Waals surface area contributed by atoms with Gasteiger partial charge in [0.2, 0.25) is 0 Å². The SMILES string of the molecule is Cc1ccc(C(N)c2ccnc(C)c2)c(C)c1. The molecule has 1 unspecified atom stereocenters. The molecule has 1 heterocycles. The fourth-order valence-corrected chi connectivity index (χ4v) is 2.12. The van der Waals surface area contributed by atoms with Gasteiger partial charge in [0.05, 0.1) is 6.04 Å². The number of pyridine rings is 1. The lowest BCUT2D eigenvalue weighted by Gasteiger charge is -2.16. The maximum absolute atomic E-state index is 6.31. The Morgan fingerprint density at radius 2 is 1.82 bits per heavy atom. The first-order chi connectivity index (χ1) is 8.08. The van der Waals surface area contributed by atoms with Crippen molar-refractivity contribution in [1.82, 2.24) is 4.98 Å². The molecule has 0 saturated heterocycles. The van der Waals surface area contributed by atoms with E-state index in [0.717, 1.165) is 11.3 Å². The summed E-state index contributed by atoms with van der Waals surface area (Å²) in [6, 6.07) is 10.4. The van der Waals surface area contributed by atoms with Crippen molar-refractivity contribution >= 4 is 0 Å². The zero-order chi connectivity index (χ0) is 12.4. The lowest BCUT2D eigenvalue weighted by atomic mass is 9.95. The summed E-state index contributed by atoms with van der Waals surface area (Å²) in [5.74, 6) is 0. The van der Waals surface area contributed by atoms with Gasteiger partial charge < -0.3 is 5.73 Å². The van der Waals surface area contributed by atoms with E-state index in [9.17, 15) is 0 Å². The van der Waals surface area contributed by atoms with Crippen LogP contribution in [-0.2, 0) is 0 Å². The average Bonchev–Trinajstić information content (AvgIpc) is 2.28. The van der Waals surface area contributed by atoms with Crippen molar-refractivity contribution in [2.45, 2.75) is 26.8 Å². The van der Waals surface area contributed by atoms with Crippen LogP contribution in [0.4, 0.5) is 0 Å². The van der Waals surface area contributed by atoms with E-state index >= 15 is 0 Å². The quantitative estimate of drug-likeness (QED) is 0.854. The smallest absolute Gasteiger partial charge is 0.0555 e. The zero-order valence-corrected chi connectivity index (χ0v) is 10.6. The fourth-order valence-electron chi connectivity index (χ4n) is 2.12. The third-order valence-corrected chi connectivity index (χ3v) is 3.04. The van der Waals surface area contributed by atoms with Gasteiger partial charge in [0.1, 0.15) is 0 Å². The van der Waals surface area contributed by atoms with Gasteiger partial charge in [-0.3, -0.25) is 4.98 Å². The maximum Gasteiger partial charge on any atom is 0.0555 e. The molecule has 0 spiro atoms. The molecule has 0 saturated carbocycles. The first-order valence-electron chi connectivity index (χ1n) is 5.83. The van der Waals surface area contributed by atoms with Crippen molar-refractivity contribution in [2.75, 3.05) is 0 Å². The molecule has 0 amide bonds. The molecule has 2 aromatic rings. The van der Waals surface area contributed by atoms with E-state index in [1.807, 2.05) is 25.3 Å². The van der Waals surface area contributed by atoms with Gasteiger partial charge in [0.25, 0.3) is 0 Å². The lowest BCUT2D eigenvalue weighted by molar-refractivity contribution is 0.854. The van der Waals surface area contributed by atoms with Crippen LogP contribution in [0.2, 0.25) is 0 Å². The van der Waals surface area contributed by atoms with Crippen LogP contribution in [0.5, 0.6) is 0 Å².